The quantitative estimate of drug-likeness (QED) is 0.748. The number of hydrogen-bond acceptors (Lipinski definition) is 4. The van der Waals surface area contributed by atoms with Crippen LogP contribution in [0, 0.1) is 0 Å². The molecule has 20 heavy (non-hydrogen) atoms. The van der Waals surface area contributed by atoms with Gasteiger partial charge in [-0.15, -0.1) is 0 Å². The molecule has 0 saturated carbocycles. The molecule has 1 aromatic rings. The molecule has 0 unspecified atom stereocenters. The van der Waals surface area contributed by atoms with E-state index in [-0.39, 0.29) is 16.2 Å². The summed E-state index contributed by atoms with van der Waals surface area (Å²) in [7, 11) is 0. The molecule has 0 saturated heterocycles. The van der Waals surface area contributed by atoms with Gasteiger partial charge in [0, 0.05) is 24.5 Å². The van der Waals surface area contributed by atoms with E-state index in [0.29, 0.717) is 31.9 Å². The molecule has 0 radical (unpaired) electrons. The van der Waals surface area contributed by atoms with Crippen LogP contribution in [0.4, 0.5) is 0 Å². The summed E-state index contributed by atoms with van der Waals surface area (Å²) in [4.78, 5) is 21.9. The van der Waals surface area contributed by atoms with Gasteiger partial charge in [0.1, 0.15) is 10.3 Å². The maximum absolute atomic E-state index is 12.4. The highest BCUT2D eigenvalue weighted by molar-refractivity contribution is 6.33. The zero-order valence-electron chi connectivity index (χ0n) is 10.6. The minimum Gasteiger partial charge on any atom is -0.375 e. The van der Waals surface area contributed by atoms with Gasteiger partial charge in [-0.2, -0.15) is 0 Å². The van der Waals surface area contributed by atoms with Gasteiger partial charge in [-0.3, -0.25) is 9.79 Å². The molecule has 0 fully saturated rings. The average molecular weight is 314 g/mol. The van der Waals surface area contributed by atoms with Crippen LogP contribution >= 0.6 is 23.2 Å². The van der Waals surface area contributed by atoms with Crippen LogP contribution in [0.15, 0.2) is 29.4 Å². The number of amides is 1. The minimum atomic E-state index is -0.184. The van der Waals surface area contributed by atoms with Crippen molar-refractivity contribution < 1.29 is 9.53 Å². The summed E-state index contributed by atoms with van der Waals surface area (Å²) in [5.41, 5.74) is 0.399. The van der Waals surface area contributed by atoms with E-state index in [4.69, 9.17) is 27.9 Å². The van der Waals surface area contributed by atoms with Gasteiger partial charge in [-0.25, -0.2) is 4.98 Å². The second kappa shape index (κ2) is 7.38. The number of halogens is 2. The molecule has 2 heterocycles. The number of carbonyl (C=O) groups excluding carboxylic acids is 1. The van der Waals surface area contributed by atoms with Gasteiger partial charge in [0.15, 0.2) is 0 Å². The van der Waals surface area contributed by atoms with Crippen molar-refractivity contribution in [1.29, 1.82) is 0 Å². The molecular formula is C13H13Cl2N3O2. The Morgan fingerprint density at radius 2 is 2.05 bits per heavy atom. The molecule has 106 valence electrons. The van der Waals surface area contributed by atoms with Gasteiger partial charge >= 0.3 is 0 Å². The molecule has 0 spiro atoms. The molecule has 1 aromatic heterocycles. The summed E-state index contributed by atoms with van der Waals surface area (Å²) in [5.74, 6) is -0.184. The Balaban J connectivity index is 2.16. The van der Waals surface area contributed by atoms with E-state index in [1.54, 1.807) is 17.3 Å². The van der Waals surface area contributed by atoms with Crippen molar-refractivity contribution in [2.24, 2.45) is 4.99 Å². The van der Waals surface area contributed by atoms with Crippen LogP contribution < -0.4 is 0 Å². The highest BCUT2D eigenvalue weighted by Crippen LogP contribution is 2.16. The summed E-state index contributed by atoms with van der Waals surface area (Å²) in [6.45, 7) is 1.79. The number of carbonyl (C=O) groups is 1. The second-order valence-corrected chi connectivity index (χ2v) is 4.82. The number of aromatic nitrogens is 1. The van der Waals surface area contributed by atoms with Crippen LogP contribution in [0.5, 0.6) is 0 Å². The van der Waals surface area contributed by atoms with Crippen LogP contribution in [0.1, 0.15) is 10.4 Å². The average Bonchev–Trinajstić information content (AvgIpc) is 2.43. The summed E-state index contributed by atoms with van der Waals surface area (Å²) >= 11 is 11.6. The van der Waals surface area contributed by atoms with E-state index in [0.717, 1.165) is 0 Å². The lowest BCUT2D eigenvalue weighted by molar-refractivity contribution is 0.0703. The molecule has 0 bridgehead atoms. The summed E-state index contributed by atoms with van der Waals surface area (Å²) < 4.78 is 5.35. The number of ether oxygens (including phenoxy) is 1. The lowest BCUT2D eigenvalue weighted by Gasteiger charge is -2.21. The fourth-order valence-corrected chi connectivity index (χ4v) is 2.14. The molecule has 1 amide bonds. The maximum Gasteiger partial charge on any atom is 0.254 e. The van der Waals surface area contributed by atoms with Gasteiger partial charge in [0.25, 0.3) is 5.91 Å². The third-order valence-electron chi connectivity index (χ3n) is 2.62. The van der Waals surface area contributed by atoms with Crippen LogP contribution in [0.2, 0.25) is 10.3 Å². The van der Waals surface area contributed by atoms with E-state index in [1.165, 1.54) is 12.1 Å². The van der Waals surface area contributed by atoms with Gasteiger partial charge in [0.05, 0.1) is 19.8 Å². The molecule has 1 aliphatic rings. The Kier molecular flexibility index (Phi) is 5.52. The van der Waals surface area contributed by atoms with Gasteiger partial charge in [-0.05, 0) is 18.2 Å². The number of rotatable bonds is 1. The molecule has 0 aromatic carbocycles. The number of aliphatic imine (C=N–C) groups is 1. The van der Waals surface area contributed by atoms with Gasteiger partial charge in [-0.1, -0.05) is 23.2 Å². The molecule has 7 heteroatoms. The van der Waals surface area contributed by atoms with E-state index in [1.807, 2.05) is 6.08 Å². The largest absolute Gasteiger partial charge is 0.375 e. The highest BCUT2D eigenvalue weighted by atomic mass is 35.5. The van der Waals surface area contributed by atoms with Crippen molar-refractivity contribution in [3.8, 4) is 0 Å². The van der Waals surface area contributed by atoms with Crippen molar-refractivity contribution >= 4 is 35.3 Å². The van der Waals surface area contributed by atoms with Crippen LogP contribution in [-0.2, 0) is 4.74 Å². The van der Waals surface area contributed by atoms with Crippen LogP contribution in [0.25, 0.3) is 0 Å². The molecule has 5 nitrogen and oxygen atoms in total. The van der Waals surface area contributed by atoms with Crippen molar-refractivity contribution in [1.82, 2.24) is 9.88 Å². The fourth-order valence-electron chi connectivity index (χ4n) is 1.68. The topological polar surface area (TPSA) is 54.8 Å². The monoisotopic (exact) mass is 313 g/mol. The van der Waals surface area contributed by atoms with Crippen molar-refractivity contribution in [3.05, 3.63) is 40.3 Å². The van der Waals surface area contributed by atoms with Crippen LogP contribution in [0.3, 0.4) is 0 Å². The standard InChI is InChI=1S/C13H13Cl2N3O2/c14-11-8-10(9-12(15)17-11)13(19)18-4-3-16-2-1-6-20-7-5-18/h1-3,8-9H,4-7H2/b2-1-,16-3?. The third-order valence-corrected chi connectivity index (χ3v) is 3.00. The normalized spacial score (nSPS) is 17.8. The zero-order chi connectivity index (χ0) is 14.4. The smallest absolute Gasteiger partial charge is 0.254 e. The maximum atomic E-state index is 12.4. The predicted octanol–water partition coefficient (Wildman–Crippen LogP) is 2.45. The SMILES string of the molecule is O=C(c1cc(Cl)nc(Cl)c1)N1CC=N/C=C\COCC1. The fraction of sp³-hybridized carbons (Fsp3) is 0.308. The number of nitrogens with zero attached hydrogens (tertiary/aromatic N) is 3. The first-order valence-corrected chi connectivity index (χ1v) is 6.79. The zero-order valence-corrected chi connectivity index (χ0v) is 12.1. The van der Waals surface area contributed by atoms with E-state index in [2.05, 4.69) is 9.98 Å². The molecule has 0 N–H and O–H groups in total. The Morgan fingerprint density at radius 3 is 2.80 bits per heavy atom. The predicted molar refractivity (Wildman–Crippen MR) is 78.6 cm³/mol. The minimum absolute atomic E-state index is 0.184. The lowest BCUT2D eigenvalue weighted by Crippen LogP contribution is -2.35. The summed E-state index contributed by atoms with van der Waals surface area (Å²) in [5, 5.41) is 0.379. The van der Waals surface area contributed by atoms with E-state index >= 15 is 0 Å². The Labute approximate surface area is 126 Å². The van der Waals surface area contributed by atoms with Crippen molar-refractivity contribution in [2.45, 2.75) is 0 Å². The lowest BCUT2D eigenvalue weighted by atomic mass is 10.2. The van der Waals surface area contributed by atoms with Gasteiger partial charge in [0.2, 0.25) is 0 Å². The summed E-state index contributed by atoms with van der Waals surface area (Å²) in [6, 6.07) is 2.99. The molecular weight excluding hydrogens is 301 g/mol. The van der Waals surface area contributed by atoms with E-state index < -0.39 is 0 Å². The van der Waals surface area contributed by atoms with Crippen molar-refractivity contribution in [3.63, 3.8) is 0 Å². The van der Waals surface area contributed by atoms with E-state index in [9.17, 15) is 4.79 Å². The highest BCUT2D eigenvalue weighted by Gasteiger charge is 2.16. The van der Waals surface area contributed by atoms with Crippen molar-refractivity contribution in [2.75, 3.05) is 26.3 Å². The van der Waals surface area contributed by atoms with Crippen LogP contribution in [-0.4, -0.2) is 48.3 Å². The Morgan fingerprint density at radius 1 is 1.30 bits per heavy atom. The first-order valence-electron chi connectivity index (χ1n) is 6.03. The van der Waals surface area contributed by atoms with Gasteiger partial charge < -0.3 is 9.64 Å². The first kappa shape index (κ1) is 15.0. The number of pyridine rings is 1. The third kappa shape index (κ3) is 4.30. The molecule has 2 rings (SSSR count). The molecule has 1 aliphatic heterocycles. The first-order chi connectivity index (χ1) is 9.66. The Hall–Kier alpha value is -1.43. The second-order valence-electron chi connectivity index (χ2n) is 4.04. The summed E-state index contributed by atoms with van der Waals surface area (Å²) in [6.07, 6.45) is 5.13. The molecule has 0 atom stereocenters. The molecule has 0 aliphatic carbocycles. The number of hydrogen-bond donors (Lipinski definition) is 0. The Bertz CT molecular complexity index is 526.